The number of alkyl halides is 1. The Morgan fingerprint density at radius 1 is 1.00 bits per heavy atom. The summed E-state index contributed by atoms with van der Waals surface area (Å²) in [5, 5.41) is 0. The van der Waals surface area contributed by atoms with E-state index in [1.54, 1.807) is 0 Å². The SMILES string of the molecule is C[C@@H](OCc1ccccc1)[C@H](C[I-]N)C(=O)OCc1ccccc1. The topological polar surface area (TPSA) is 61.5 Å². The van der Waals surface area contributed by atoms with Gasteiger partial charge in [0.1, 0.15) is 0 Å². The van der Waals surface area contributed by atoms with Crippen LogP contribution in [-0.4, -0.2) is 16.5 Å². The van der Waals surface area contributed by atoms with Crippen molar-refractivity contribution in [2.24, 2.45) is 9.86 Å². The summed E-state index contributed by atoms with van der Waals surface area (Å²) in [4.78, 5) is 12.4. The summed E-state index contributed by atoms with van der Waals surface area (Å²) in [6, 6.07) is 19.6. The van der Waals surface area contributed by atoms with Gasteiger partial charge in [0.25, 0.3) is 0 Å². The van der Waals surface area contributed by atoms with Crippen molar-refractivity contribution in [1.29, 1.82) is 0 Å². The second kappa shape index (κ2) is 10.4. The summed E-state index contributed by atoms with van der Waals surface area (Å²) in [6.45, 7) is 2.68. The second-order valence-corrected chi connectivity index (χ2v) is 7.27. The zero-order chi connectivity index (χ0) is 17.2. The van der Waals surface area contributed by atoms with Crippen LogP contribution >= 0.6 is 0 Å². The average molecular weight is 440 g/mol. The van der Waals surface area contributed by atoms with Crippen molar-refractivity contribution in [3.05, 3.63) is 71.8 Å². The molecule has 2 N–H and O–H groups in total. The molecule has 130 valence electrons. The molecule has 0 aliphatic rings. The van der Waals surface area contributed by atoms with Gasteiger partial charge < -0.3 is 0 Å². The van der Waals surface area contributed by atoms with Crippen LogP contribution in [0, 0.1) is 5.92 Å². The zero-order valence-electron chi connectivity index (χ0n) is 13.7. The van der Waals surface area contributed by atoms with Crippen molar-refractivity contribution in [2.75, 3.05) is 4.43 Å². The maximum absolute atomic E-state index is 12.4. The molecule has 0 saturated carbocycles. The minimum absolute atomic E-state index is 0.225. The number of ether oxygens (including phenoxy) is 2. The fourth-order valence-corrected chi connectivity index (χ4v) is 3.85. The minimum atomic E-state index is -0.514. The van der Waals surface area contributed by atoms with Gasteiger partial charge in [-0.1, -0.05) is 0 Å². The summed E-state index contributed by atoms with van der Waals surface area (Å²) >= 11 is -0.514. The van der Waals surface area contributed by atoms with E-state index in [1.165, 1.54) is 0 Å². The van der Waals surface area contributed by atoms with Gasteiger partial charge >= 0.3 is 154 Å². The van der Waals surface area contributed by atoms with Crippen LogP contribution < -0.4 is 25.4 Å². The first kappa shape index (κ1) is 18.9. The first-order valence-corrected chi connectivity index (χ1v) is 10.6. The molecule has 0 radical (unpaired) electrons. The number of hydrogen-bond acceptors (Lipinski definition) is 4. The molecule has 24 heavy (non-hydrogen) atoms. The molecule has 2 aromatic rings. The molecule has 0 spiro atoms. The van der Waals surface area contributed by atoms with E-state index in [9.17, 15) is 4.79 Å². The molecule has 0 aliphatic carbocycles. The number of carbonyl (C=O) groups excluding carboxylic acids is 1. The molecule has 0 amide bonds. The monoisotopic (exact) mass is 440 g/mol. The van der Waals surface area contributed by atoms with Gasteiger partial charge in [-0.05, 0) is 0 Å². The fraction of sp³-hybridized carbons (Fsp3) is 0.316. The number of rotatable bonds is 9. The molecule has 0 bridgehead atoms. The number of esters is 1. The predicted molar refractivity (Wildman–Crippen MR) is 89.5 cm³/mol. The quantitative estimate of drug-likeness (QED) is 0.257. The summed E-state index contributed by atoms with van der Waals surface area (Å²) in [7, 11) is 0. The average Bonchev–Trinajstić information content (AvgIpc) is 2.64. The van der Waals surface area contributed by atoms with E-state index in [4.69, 9.17) is 13.4 Å². The van der Waals surface area contributed by atoms with Crippen LogP contribution in [0.5, 0.6) is 0 Å². The van der Waals surface area contributed by atoms with Gasteiger partial charge in [0.05, 0.1) is 0 Å². The normalized spacial score (nSPS) is 13.4. The Balaban J connectivity index is 1.87. The van der Waals surface area contributed by atoms with Gasteiger partial charge in [-0.15, -0.1) is 0 Å². The fourth-order valence-electron chi connectivity index (χ4n) is 2.23. The van der Waals surface area contributed by atoms with Gasteiger partial charge in [-0.3, -0.25) is 0 Å². The predicted octanol–water partition coefficient (Wildman–Crippen LogP) is -0.0860. The van der Waals surface area contributed by atoms with Crippen molar-refractivity contribution < 1.29 is 35.7 Å². The Morgan fingerprint density at radius 3 is 2.08 bits per heavy atom. The van der Waals surface area contributed by atoms with Crippen LogP contribution in [0.4, 0.5) is 0 Å². The molecule has 2 rings (SSSR count). The standard InChI is InChI=1S/C19H23INO3/c1-15(23-13-16-8-4-2-5-9-16)18(12-20-21)19(22)24-14-17-10-6-3-7-11-17/h2-11,15,18H,12-14,21H2,1H3/q-1/t15-,18+/m1/s1. The maximum atomic E-state index is 12.4. The van der Waals surface area contributed by atoms with E-state index in [-0.39, 0.29) is 24.6 Å². The van der Waals surface area contributed by atoms with E-state index < -0.39 is 21.5 Å². The third kappa shape index (κ3) is 6.22. The van der Waals surface area contributed by atoms with E-state index in [0.717, 1.165) is 11.1 Å². The van der Waals surface area contributed by atoms with Crippen LogP contribution in [0.25, 0.3) is 0 Å². The molecular formula is C19H23INO3-. The van der Waals surface area contributed by atoms with Crippen molar-refractivity contribution in [2.45, 2.75) is 26.2 Å². The molecule has 5 heteroatoms. The Bertz CT molecular complexity index is 607. The Morgan fingerprint density at radius 2 is 1.54 bits per heavy atom. The molecule has 0 unspecified atom stereocenters. The van der Waals surface area contributed by atoms with Gasteiger partial charge in [0.2, 0.25) is 0 Å². The van der Waals surface area contributed by atoms with Gasteiger partial charge in [-0.25, -0.2) is 0 Å². The number of benzene rings is 2. The molecule has 0 saturated heterocycles. The van der Waals surface area contributed by atoms with Gasteiger partial charge in [0, 0.05) is 0 Å². The molecular weight excluding hydrogens is 417 g/mol. The van der Waals surface area contributed by atoms with Gasteiger partial charge in [0.15, 0.2) is 0 Å². The first-order chi connectivity index (χ1) is 11.7. The zero-order valence-corrected chi connectivity index (χ0v) is 15.9. The summed E-state index contributed by atoms with van der Waals surface area (Å²) in [6.07, 6.45) is -0.225. The number of nitrogens with two attached hydrogens (primary N) is 1. The summed E-state index contributed by atoms with van der Waals surface area (Å²) in [5.41, 5.74) is 2.06. The van der Waals surface area contributed by atoms with Crippen LogP contribution in [0.2, 0.25) is 0 Å². The van der Waals surface area contributed by atoms with Crippen LogP contribution in [0.15, 0.2) is 60.7 Å². The number of carbonyl (C=O) groups is 1. The van der Waals surface area contributed by atoms with Crippen LogP contribution in [-0.2, 0) is 27.5 Å². The molecule has 2 atom stereocenters. The number of hydrogen-bond donors (Lipinski definition) is 1. The van der Waals surface area contributed by atoms with E-state index in [0.29, 0.717) is 11.0 Å². The van der Waals surface area contributed by atoms with E-state index in [2.05, 4.69) is 0 Å². The van der Waals surface area contributed by atoms with Crippen molar-refractivity contribution in [3.63, 3.8) is 0 Å². The Kier molecular flexibility index (Phi) is 8.21. The third-order valence-corrected chi connectivity index (χ3v) is 5.16. The Hall–Kier alpha value is -1.44. The molecule has 4 nitrogen and oxygen atoms in total. The van der Waals surface area contributed by atoms with Crippen molar-refractivity contribution in [1.82, 2.24) is 0 Å². The van der Waals surface area contributed by atoms with E-state index in [1.807, 2.05) is 67.6 Å². The first-order valence-electron chi connectivity index (χ1n) is 7.84. The van der Waals surface area contributed by atoms with E-state index >= 15 is 0 Å². The second-order valence-electron chi connectivity index (χ2n) is 5.51. The Labute approximate surface area is 154 Å². The third-order valence-electron chi connectivity index (χ3n) is 3.70. The molecule has 0 fully saturated rings. The van der Waals surface area contributed by atoms with Gasteiger partial charge in [-0.2, -0.15) is 0 Å². The summed E-state index contributed by atoms with van der Waals surface area (Å²) < 4.78 is 17.8. The molecule has 0 aliphatic heterocycles. The van der Waals surface area contributed by atoms with Crippen LogP contribution in [0.1, 0.15) is 18.1 Å². The molecule has 0 heterocycles. The van der Waals surface area contributed by atoms with Crippen molar-refractivity contribution >= 4 is 5.97 Å². The molecule has 2 aromatic carbocycles. The number of halogens is 1. The molecule has 0 aromatic heterocycles. The van der Waals surface area contributed by atoms with Crippen LogP contribution in [0.3, 0.4) is 0 Å². The summed E-state index contributed by atoms with van der Waals surface area (Å²) in [5.74, 6) is -0.542. The van der Waals surface area contributed by atoms with Crippen molar-refractivity contribution in [3.8, 4) is 0 Å².